The topological polar surface area (TPSA) is 60.2 Å². The lowest BCUT2D eigenvalue weighted by molar-refractivity contribution is 0.0951. The lowest BCUT2D eigenvalue weighted by Crippen LogP contribution is -2.20. The number of fused-ring (bicyclic) bond motifs is 2. The van der Waals surface area contributed by atoms with Crippen LogP contribution in [0.1, 0.15) is 35.0 Å². The molecule has 0 saturated carbocycles. The average molecular weight is 359 g/mol. The first-order valence-electron chi connectivity index (χ1n) is 7.75. The van der Waals surface area contributed by atoms with Crippen molar-refractivity contribution in [3.63, 3.8) is 0 Å². The van der Waals surface area contributed by atoms with Gasteiger partial charge in [-0.05, 0) is 30.0 Å². The smallest absolute Gasteiger partial charge is 0.253 e. The minimum absolute atomic E-state index is 0.141. The minimum atomic E-state index is 0.141. The maximum Gasteiger partial charge on any atom is 0.253 e. The van der Waals surface area contributed by atoms with E-state index in [1.165, 1.54) is 11.8 Å². The Morgan fingerprint density at radius 1 is 1.33 bits per heavy atom. The Hall–Kier alpha value is -1.92. The molecule has 0 N–H and O–H groups in total. The Labute approximate surface area is 148 Å². The molecule has 0 radical (unpaired) electrons. The molecule has 7 heteroatoms. The summed E-state index contributed by atoms with van der Waals surface area (Å²) in [6.07, 6.45) is 3.16. The van der Waals surface area contributed by atoms with Gasteiger partial charge in [0.05, 0.1) is 11.3 Å². The number of benzene rings is 1. The van der Waals surface area contributed by atoms with Gasteiger partial charge < -0.3 is 0 Å². The lowest BCUT2D eigenvalue weighted by atomic mass is 9.88. The molecule has 24 heavy (non-hydrogen) atoms. The van der Waals surface area contributed by atoms with Gasteiger partial charge in [0.1, 0.15) is 0 Å². The van der Waals surface area contributed by atoms with Crippen molar-refractivity contribution in [2.45, 2.75) is 30.7 Å². The maximum atomic E-state index is 12.2. The predicted molar refractivity (Wildman–Crippen MR) is 93.6 cm³/mol. The normalized spacial score (nSPS) is 17.2. The van der Waals surface area contributed by atoms with E-state index in [9.17, 15) is 4.79 Å². The third kappa shape index (κ3) is 3.03. The van der Waals surface area contributed by atoms with Gasteiger partial charge in [-0.2, -0.15) is 4.98 Å². The molecule has 1 atom stereocenters. The van der Waals surface area contributed by atoms with E-state index in [0.29, 0.717) is 28.8 Å². The van der Waals surface area contributed by atoms with E-state index in [4.69, 9.17) is 11.6 Å². The van der Waals surface area contributed by atoms with Crippen LogP contribution in [0, 0.1) is 5.92 Å². The first kappa shape index (κ1) is 15.6. The molecule has 3 aromatic rings. The zero-order chi connectivity index (χ0) is 16.7. The molecule has 0 saturated heterocycles. The van der Waals surface area contributed by atoms with Crippen molar-refractivity contribution in [3.05, 3.63) is 52.3 Å². The molecule has 1 aliphatic carbocycles. The summed E-state index contributed by atoms with van der Waals surface area (Å²) in [4.78, 5) is 21.2. The molecule has 1 aromatic carbocycles. The molecule has 0 spiro atoms. The third-order valence-corrected chi connectivity index (χ3v) is 5.17. The van der Waals surface area contributed by atoms with E-state index in [0.717, 1.165) is 28.5 Å². The molecule has 0 unspecified atom stereocenters. The van der Waals surface area contributed by atoms with Crippen LogP contribution in [-0.4, -0.2) is 25.4 Å². The second-order valence-electron chi connectivity index (χ2n) is 6.10. The molecule has 1 aliphatic rings. The molecule has 5 nitrogen and oxygen atoms in total. The zero-order valence-electron chi connectivity index (χ0n) is 13.1. The molecule has 0 amide bonds. The van der Waals surface area contributed by atoms with Crippen LogP contribution in [0.5, 0.6) is 0 Å². The van der Waals surface area contributed by atoms with E-state index in [-0.39, 0.29) is 5.78 Å². The van der Waals surface area contributed by atoms with Crippen LogP contribution >= 0.6 is 23.4 Å². The standard InChI is InChI=1S/C17H15ClN4OS/c1-10-5-14-13(15(23)6-10)8-22-16(19-14)20-17(21-22)24-9-11-3-2-4-12(18)7-11/h2-4,7-8,10H,5-6,9H2,1H3/t10-/m0/s1. The van der Waals surface area contributed by atoms with E-state index in [2.05, 4.69) is 22.0 Å². The molecule has 4 rings (SSSR count). The molecule has 0 aliphatic heterocycles. The highest BCUT2D eigenvalue weighted by molar-refractivity contribution is 7.98. The number of halogens is 1. The lowest BCUT2D eigenvalue weighted by Gasteiger charge is -2.18. The molecule has 0 bridgehead atoms. The van der Waals surface area contributed by atoms with Crippen LogP contribution in [0.4, 0.5) is 0 Å². The van der Waals surface area contributed by atoms with Gasteiger partial charge in [0.2, 0.25) is 5.16 Å². The molecule has 0 fully saturated rings. The summed E-state index contributed by atoms with van der Waals surface area (Å²) in [5.41, 5.74) is 2.63. The summed E-state index contributed by atoms with van der Waals surface area (Å²) in [6, 6.07) is 7.73. The van der Waals surface area contributed by atoms with Crippen molar-refractivity contribution in [3.8, 4) is 0 Å². The fraction of sp³-hybridized carbons (Fsp3) is 0.294. The highest BCUT2D eigenvalue weighted by atomic mass is 35.5. The first-order chi connectivity index (χ1) is 11.6. The fourth-order valence-corrected chi connectivity index (χ4v) is 3.87. The van der Waals surface area contributed by atoms with Crippen molar-refractivity contribution in [2.75, 3.05) is 0 Å². The van der Waals surface area contributed by atoms with Crippen LogP contribution in [0.2, 0.25) is 5.02 Å². The van der Waals surface area contributed by atoms with Gasteiger partial charge in [0.15, 0.2) is 5.78 Å². The number of hydrogen-bond acceptors (Lipinski definition) is 5. The zero-order valence-corrected chi connectivity index (χ0v) is 14.6. The van der Waals surface area contributed by atoms with Gasteiger partial charge in [0, 0.05) is 23.4 Å². The Bertz CT molecular complexity index is 939. The average Bonchev–Trinajstić information content (AvgIpc) is 2.93. The van der Waals surface area contributed by atoms with Gasteiger partial charge in [-0.3, -0.25) is 4.79 Å². The predicted octanol–water partition coefficient (Wildman–Crippen LogP) is 3.84. The summed E-state index contributed by atoms with van der Waals surface area (Å²) in [7, 11) is 0. The monoisotopic (exact) mass is 358 g/mol. The number of ketones is 1. The number of carbonyl (C=O) groups excluding carboxylic acids is 1. The van der Waals surface area contributed by atoms with Gasteiger partial charge in [-0.15, -0.1) is 5.10 Å². The van der Waals surface area contributed by atoms with Crippen molar-refractivity contribution < 1.29 is 4.79 Å². The largest absolute Gasteiger partial charge is 0.294 e. The van der Waals surface area contributed by atoms with Crippen LogP contribution in [0.3, 0.4) is 0 Å². The summed E-state index contributed by atoms with van der Waals surface area (Å²) in [5.74, 6) is 1.75. The highest BCUT2D eigenvalue weighted by Gasteiger charge is 2.25. The number of nitrogens with zero attached hydrogens (tertiary/aromatic N) is 4. The van der Waals surface area contributed by atoms with Gasteiger partial charge in [0.25, 0.3) is 5.78 Å². The molecular weight excluding hydrogens is 344 g/mol. The number of rotatable bonds is 3. The summed E-state index contributed by atoms with van der Waals surface area (Å²) >= 11 is 7.53. The summed E-state index contributed by atoms with van der Waals surface area (Å²) in [6.45, 7) is 2.07. The number of thioether (sulfide) groups is 1. The van der Waals surface area contributed by atoms with Gasteiger partial charge >= 0.3 is 0 Å². The van der Waals surface area contributed by atoms with E-state index in [1.54, 1.807) is 10.7 Å². The van der Waals surface area contributed by atoms with E-state index >= 15 is 0 Å². The van der Waals surface area contributed by atoms with Crippen LogP contribution < -0.4 is 0 Å². The Morgan fingerprint density at radius 2 is 2.21 bits per heavy atom. The Balaban J connectivity index is 1.60. The maximum absolute atomic E-state index is 12.2. The molecule has 122 valence electrons. The molecule has 2 aromatic heterocycles. The van der Waals surface area contributed by atoms with Gasteiger partial charge in [-0.25, -0.2) is 9.50 Å². The second kappa shape index (κ2) is 6.18. The van der Waals surface area contributed by atoms with Crippen LogP contribution in [0.15, 0.2) is 35.6 Å². The number of aromatic nitrogens is 4. The Morgan fingerprint density at radius 3 is 3.04 bits per heavy atom. The number of hydrogen-bond donors (Lipinski definition) is 0. The first-order valence-corrected chi connectivity index (χ1v) is 9.11. The van der Waals surface area contributed by atoms with Crippen molar-refractivity contribution in [1.29, 1.82) is 0 Å². The molecule has 2 heterocycles. The van der Waals surface area contributed by atoms with Crippen LogP contribution in [0.25, 0.3) is 5.78 Å². The number of Topliss-reactive ketones (excluding diaryl/α,β-unsaturated/α-hetero) is 1. The highest BCUT2D eigenvalue weighted by Crippen LogP contribution is 2.26. The third-order valence-electron chi connectivity index (χ3n) is 4.02. The number of carbonyl (C=O) groups is 1. The van der Waals surface area contributed by atoms with Gasteiger partial charge in [-0.1, -0.05) is 42.4 Å². The molecular formula is C17H15ClN4OS. The second-order valence-corrected chi connectivity index (χ2v) is 7.47. The summed E-state index contributed by atoms with van der Waals surface area (Å²) < 4.78 is 1.60. The Kier molecular flexibility index (Phi) is 4.02. The van der Waals surface area contributed by atoms with Crippen molar-refractivity contribution in [2.24, 2.45) is 5.92 Å². The van der Waals surface area contributed by atoms with Crippen molar-refractivity contribution >= 4 is 34.9 Å². The SMILES string of the molecule is C[C@@H]1CC(=O)c2cn3nc(SCc4cccc(Cl)c4)nc3nc2C1. The quantitative estimate of drug-likeness (QED) is 0.666. The van der Waals surface area contributed by atoms with Crippen molar-refractivity contribution in [1.82, 2.24) is 19.6 Å². The summed E-state index contributed by atoms with van der Waals surface area (Å²) in [5, 5.41) is 5.80. The fourth-order valence-electron chi connectivity index (χ4n) is 2.89. The van der Waals surface area contributed by atoms with E-state index < -0.39 is 0 Å². The van der Waals surface area contributed by atoms with Crippen LogP contribution in [-0.2, 0) is 12.2 Å². The minimum Gasteiger partial charge on any atom is -0.294 e. The van der Waals surface area contributed by atoms with E-state index in [1.807, 2.05) is 24.3 Å².